The number of hydrogen-bond donors (Lipinski definition) is 3. The van der Waals surface area contributed by atoms with E-state index < -0.39 is 11.5 Å². The van der Waals surface area contributed by atoms with Gasteiger partial charge in [0.25, 0.3) is 5.56 Å². The zero-order valence-electron chi connectivity index (χ0n) is 16.8. The molecule has 3 N–H and O–H groups in total. The first kappa shape index (κ1) is 21.6. The van der Waals surface area contributed by atoms with Crippen molar-refractivity contribution in [1.29, 1.82) is 0 Å². The second-order valence-electron chi connectivity index (χ2n) is 6.85. The summed E-state index contributed by atoms with van der Waals surface area (Å²) < 4.78 is 0. The van der Waals surface area contributed by atoms with Crippen molar-refractivity contribution < 1.29 is 9.90 Å². The lowest BCUT2D eigenvalue weighted by atomic mass is 9.86. The molecule has 0 spiro atoms. The van der Waals surface area contributed by atoms with Crippen LogP contribution in [0.25, 0.3) is 0 Å². The number of carbonyl (C=O) groups excluding carboxylic acids is 1. The van der Waals surface area contributed by atoms with Gasteiger partial charge < -0.3 is 15.4 Å². The van der Waals surface area contributed by atoms with Crippen LogP contribution in [0.1, 0.15) is 42.4 Å². The van der Waals surface area contributed by atoms with Crippen molar-refractivity contribution >= 4 is 17.7 Å². The van der Waals surface area contributed by atoms with Gasteiger partial charge in [0.2, 0.25) is 11.8 Å². The number of aromatic amines is 1. The molecule has 30 heavy (non-hydrogen) atoms. The number of amides is 1. The van der Waals surface area contributed by atoms with Gasteiger partial charge in [-0.25, -0.2) is 0 Å². The maximum Gasteiger partial charge on any atom is 0.259 e. The standard InChI is InChI=1S/C23H25N3O3S/c1-2-3-14-24-18(27)15-30-23-25-21(28)20(22(29)26-23)19(16-10-6-4-7-11-16)17-12-8-5-9-13-17/h4-13,19H,2-3,14-15H2,1H3,(H,24,27)(H2,25,26,28,29). The Hall–Kier alpha value is -3.06. The maximum absolute atomic E-state index is 12.9. The number of aromatic hydroxyl groups is 1. The quantitative estimate of drug-likeness (QED) is 0.277. The average molecular weight is 424 g/mol. The number of unbranched alkanes of at least 4 members (excludes halogenated alkanes) is 1. The van der Waals surface area contributed by atoms with Crippen molar-refractivity contribution in [3.05, 3.63) is 87.7 Å². The van der Waals surface area contributed by atoms with Crippen molar-refractivity contribution in [2.75, 3.05) is 12.3 Å². The summed E-state index contributed by atoms with van der Waals surface area (Å²) in [5.74, 6) is -0.803. The van der Waals surface area contributed by atoms with Crippen LogP contribution in [0, 0.1) is 0 Å². The predicted molar refractivity (Wildman–Crippen MR) is 119 cm³/mol. The molecule has 7 heteroatoms. The van der Waals surface area contributed by atoms with Gasteiger partial charge in [-0.2, -0.15) is 4.98 Å². The SMILES string of the molecule is CCCCNC(=O)CSc1nc(O)c(C(c2ccccc2)c2ccccc2)c(=O)[nH]1. The lowest BCUT2D eigenvalue weighted by molar-refractivity contribution is -0.118. The monoisotopic (exact) mass is 423 g/mol. The third kappa shape index (κ3) is 5.51. The van der Waals surface area contributed by atoms with E-state index >= 15 is 0 Å². The lowest BCUT2D eigenvalue weighted by Gasteiger charge is -2.18. The minimum Gasteiger partial charge on any atom is -0.493 e. The number of aromatic nitrogens is 2. The molecule has 0 fully saturated rings. The smallest absolute Gasteiger partial charge is 0.259 e. The van der Waals surface area contributed by atoms with Gasteiger partial charge in [0.15, 0.2) is 5.16 Å². The Bertz CT molecular complexity index is 983. The molecular formula is C23H25N3O3S. The zero-order valence-corrected chi connectivity index (χ0v) is 17.6. The summed E-state index contributed by atoms with van der Waals surface area (Å²) in [4.78, 5) is 31.7. The van der Waals surface area contributed by atoms with Crippen molar-refractivity contribution in [1.82, 2.24) is 15.3 Å². The van der Waals surface area contributed by atoms with Gasteiger partial charge in [-0.15, -0.1) is 0 Å². The Morgan fingerprint density at radius 3 is 2.23 bits per heavy atom. The van der Waals surface area contributed by atoms with Gasteiger partial charge in [-0.1, -0.05) is 85.8 Å². The van der Waals surface area contributed by atoms with Crippen molar-refractivity contribution in [3.8, 4) is 5.88 Å². The van der Waals surface area contributed by atoms with E-state index in [1.807, 2.05) is 60.7 Å². The Balaban J connectivity index is 1.87. The molecule has 0 aliphatic carbocycles. The molecule has 0 saturated carbocycles. The van der Waals surface area contributed by atoms with E-state index in [4.69, 9.17) is 0 Å². The third-order valence-corrected chi connectivity index (χ3v) is 5.53. The summed E-state index contributed by atoms with van der Waals surface area (Å²) >= 11 is 1.09. The average Bonchev–Trinajstić information content (AvgIpc) is 2.76. The number of nitrogens with zero attached hydrogens (tertiary/aromatic N) is 1. The van der Waals surface area contributed by atoms with E-state index in [1.165, 1.54) is 0 Å². The highest BCUT2D eigenvalue weighted by molar-refractivity contribution is 7.99. The molecule has 1 heterocycles. The first-order valence-corrected chi connectivity index (χ1v) is 10.9. The predicted octanol–water partition coefficient (Wildman–Crippen LogP) is 3.66. The van der Waals surface area contributed by atoms with Crippen molar-refractivity contribution in [3.63, 3.8) is 0 Å². The summed E-state index contributed by atoms with van der Waals surface area (Å²) in [5.41, 5.74) is 1.52. The molecule has 0 bridgehead atoms. The molecule has 0 saturated heterocycles. The summed E-state index contributed by atoms with van der Waals surface area (Å²) in [5, 5.41) is 13.7. The van der Waals surface area contributed by atoms with Crippen LogP contribution in [0.15, 0.2) is 70.6 Å². The number of H-pyrrole nitrogens is 1. The Morgan fingerprint density at radius 2 is 1.70 bits per heavy atom. The second kappa shape index (κ2) is 10.6. The molecule has 0 aliphatic heterocycles. The molecule has 156 valence electrons. The van der Waals surface area contributed by atoms with Gasteiger partial charge in [0, 0.05) is 12.5 Å². The van der Waals surface area contributed by atoms with Crippen LogP contribution < -0.4 is 10.9 Å². The van der Waals surface area contributed by atoms with E-state index in [0.717, 1.165) is 35.7 Å². The molecule has 1 amide bonds. The number of benzene rings is 2. The van der Waals surface area contributed by atoms with E-state index in [0.29, 0.717) is 6.54 Å². The molecule has 2 aromatic carbocycles. The van der Waals surface area contributed by atoms with Crippen LogP contribution in [-0.4, -0.2) is 33.3 Å². The molecule has 0 aliphatic rings. The van der Waals surface area contributed by atoms with E-state index in [1.54, 1.807) is 0 Å². The second-order valence-corrected chi connectivity index (χ2v) is 7.82. The fourth-order valence-electron chi connectivity index (χ4n) is 3.19. The lowest BCUT2D eigenvalue weighted by Crippen LogP contribution is -2.26. The number of thioether (sulfide) groups is 1. The van der Waals surface area contributed by atoms with Crippen LogP contribution in [0.3, 0.4) is 0 Å². The van der Waals surface area contributed by atoms with Gasteiger partial charge in [0.1, 0.15) is 0 Å². The Labute approximate surface area is 179 Å². The van der Waals surface area contributed by atoms with Crippen molar-refractivity contribution in [2.24, 2.45) is 0 Å². The fourth-order valence-corrected chi connectivity index (χ4v) is 3.87. The van der Waals surface area contributed by atoms with Gasteiger partial charge >= 0.3 is 0 Å². The number of rotatable bonds is 9. The topological polar surface area (TPSA) is 95.1 Å². The number of nitrogens with one attached hydrogen (secondary N) is 2. The molecule has 3 rings (SSSR count). The summed E-state index contributed by atoms with van der Waals surface area (Å²) in [6, 6.07) is 19.0. The van der Waals surface area contributed by atoms with Crippen LogP contribution in [0.4, 0.5) is 0 Å². The summed E-state index contributed by atoms with van der Waals surface area (Å²) in [6.45, 7) is 2.68. The Kier molecular flexibility index (Phi) is 7.68. The first-order chi connectivity index (χ1) is 14.6. The highest BCUT2D eigenvalue weighted by atomic mass is 32.2. The van der Waals surface area contributed by atoms with Crippen molar-refractivity contribution in [2.45, 2.75) is 30.8 Å². The normalized spacial score (nSPS) is 10.9. The first-order valence-electron chi connectivity index (χ1n) is 9.92. The molecule has 0 atom stereocenters. The molecule has 1 aromatic heterocycles. The van der Waals surface area contributed by atoms with E-state index in [-0.39, 0.29) is 28.3 Å². The van der Waals surface area contributed by atoms with Gasteiger partial charge in [-0.05, 0) is 17.5 Å². The van der Waals surface area contributed by atoms with Crippen LogP contribution in [0.2, 0.25) is 0 Å². The highest BCUT2D eigenvalue weighted by Crippen LogP contribution is 2.34. The zero-order chi connectivity index (χ0) is 21.3. The summed E-state index contributed by atoms with van der Waals surface area (Å²) in [7, 11) is 0. The highest BCUT2D eigenvalue weighted by Gasteiger charge is 2.25. The van der Waals surface area contributed by atoms with Gasteiger partial charge in [-0.3, -0.25) is 9.59 Å². The van der Waals surface area contributed by atoms with E-state index in [9.17, 15) is 14.7 Å². The molecule has 0 unspecified atom stereocenters. The molecular weight excluding hydrogens is 398 g/mol. The summed E-state index contributed by atoms with van der Waals surface area (Å²) in [6.07, 6.45) is 1.92. The number of hydrogen-bond acceptors (Lipinski definition) is 5. The maximum atomic E-state index is 12.9. The molecule has 0 radical (unpaired) electrons. The third-order valence-electron chi connectivity index (χ3n) is 4.66. The van der Waals surface area contributed by atoms with Gasteiger partial charge in [0.05, 0.1) is 11.3 Å². The Morgan fingerprint density at radius 1 is 1.10 bits per heavy atom. The fraction of sp³-hybridized carbons (Fsp3) is 0.261. The van der Waals surface area contributed by atoms with Crippen LogP contribution in [0.5, 0.6) is 5.88 Å². The molecule has 3 aromatic rings. The van der Waals surface area contributed by atoms with Crippen LogP contribution >= 0.6 is 11.8 Å². The minimum absolute atomic E-state index is 0.117. The number of carbonyl (C=O) groups is 1. The van der Waals surface area contributed by atoms with E-state index in [2.05, 4.69) is 22.2 Å². The van der Waals surface area contributed by atoms with Crippen LogP contribution in [-0.2, 0) is 4.79 Å². The largest absolute Gasteiger partial charge is 0.493 e. The minimum atomic E-state index is -0.458. The molecule has 6 nitrogen and oxygen atoms in total.